The van der Waals surface area contributed by atoms with E-state index < -0.39 is 0 Å². The minimum Gasteiger partial charge on any atom is -0.456 e. The Morgan fingerprint density at radius 2 is 1.67 bits per heavy atom. The molecular weight excluding hydrogens is 438 g/mol. The molecule has 4 aromatic carbocycles. The summed E-state index contributed by atoms with van der Waals surface area (Å²) < 4.78 is 6.87. The van der Waals surface area contributed by atoms with Gasteiger partial charge in [0.05, 0.1) is 11.1 Å². The minimum absolute atomic E-state index is 0.532. The second-order valence-corrected chi connectivity index (χ2v) is 11.4. The minimum atomic E-state index is 0.532. The molecule has 0 amide bonds. The molecule has 0 unspecified atom stereocenters. The summed E-state index contributed by atoms with van der Waals surface area (Å²) in [5.74, 6) is 3.17. The molecule has 1 aliphatic carbocycles. The Hall–Kier alpha value is -3.39. The summed E-state index contributed by atoms with van der Waals surface area (Å²) in [5.41, 5.74) is 6.25. The van der Waals surface area contributed by atoms with Crippen LogP contribution in [0.5, 0.6) is 11.5 Å². The standard InChI is InChI=1S/C34H33NO/c1-20(2)15-29-27-11-9-21(3)16-24(27)18-30-33-32-28(13-14-35-33)26-12-10-23(22-7-5-4-6-8-22)17-25(26)19-31(32)36-34(29)30/h9-14,16-20,22H,4-8,15H2,1-3H3. The maximum Gasteiger partial charge on any atom is 0.140 e. The van der Waals surface area contributed by atoms with E-state index in [1.165, 1.54) is 75.7 Å². The highest BCUT2D eigenvalue weighted by Gasteiger charge is 2.27. The van der Waals surface area contributed by atoms with Crippen LogP contribution < -0.4 is 4.74 Å². The zero-order valence-corrected chi connectivity index (χ0v) is 21.5. The molecule has 2 aliphatic rings. The van der Waals surface area contributed by atoms with Crippen molar-refractivity contribution in [3.8, 4) is 22.8 Å². The summed E-state index contributed by atoms with van der Waals surface area (Å²) >= 11 is 0. The number of aromatic nitrogens is 1. The van der Waals surface area contributed by atoms with Gasteiger partial charge in [0.15, 0.2) is 0 Å². The van der Waals surface area contributed by atoms with Crippen LogP contribution in [0.1, 0.15) is 68.6 Å². The number of nitrogens with zero attached hydrogens (tertiary/aromatic N) is 1. The molecule has 1 fully saturated rings. The lowest BCUT2D eigenvalue weighted by Crippen LogP contribution is -2.06. The average molecular weight is 472 g/mol. The van der Waals surface area contributed by atoms with Crippen molar-refractivity contribution in [2.75, 3.05) is 0 Å². The van der Waals surface area contributed by atoms with Crippen molar-refractivity contribution in [2.45, 2.75) is 65.2 Å². The summed E-state index contributed by atoms with van der Waals surface area (Å²) in [6.45, 7) is 6.74. The van der Waals surface area contributed by atoms with Gasteiger partial charge in [0.25, 0.3) is 0 Å². The van der Waals surface area contributed by atoms with Gasteiger partial charge in [-0.3, -0.25) is 4.98 Å². The number of benzene rings is 4. The zero-order chi connectivity index (χ0) is 24.4. The van der Waals surface area contributed by atoms with E-state index in [0.29, 0.717) is 11.8 Å². The van der Waals surface area contributed by atoms with E-state index in [-0.39, 0.29) is 0 Å². The van der Waals surface area contributed by atoms with Crippen LogP contribution in [0.4, 0.5) is 0 Å². The monoisotopic (exact) mass is 471 g/mol. The fraction of sp³-hybridized carbons (Fsp3) is 0.324. The molecule has 1 aromatic heterocycles. The van der Waals surface area contributed by atoms with Crippen LogP contribution in [0.25, 0.3) is 43.6 Å². The SMILES string of the molecule is Cc1ccc2c(CC(C)C)c3c(cc2c1)-c1nccc2c1c(cc1cc(C4CCCCC4)ccc12)O3. The van der Waals surface area contributed by atoms with Crippen LogP contribution in [0.2, 0.25) is 0 Å². The number of hydrogen-bond donors (Lipinski definition) is 0. The summed E-state index contributed by atoms with van der Waals surface area (Å²) in [4.78, 5) is 4.95. The molecular formula is C34H33NO. The van der Waals surface area contributed by atoms with Crippen LogP contribution in [0, 0.1) is 12.8 Å². The van der Waals surface area contributed by atoms with Gasteiger partial charge in [0.2, 0.25) is 0 Å². The van der Waals surface area contributed by atoms with Gasteiger partial charge in [-0.25, -0.2) is 0 Å². The lowest BCUT2D eigenvalue weighted by atomic mass is 9.83. The summed E-state index contributed by atoms with van der Waals surface area (Å²) in [7, 11) is 0. The Labute approximate surface area is 213 Å². The van der Waals surface area contributed by atoms with Crippen molar-refractivity contribution in [3.63, 3.8) is 0 Å². The number of rotatable bonds is 3. The van der Waals surface area contributed by atoms with Crippen LogP contribution >= 0.6 is 0 Å². The Balaban J connectivity index is 1.49. The van der Waals surface area contributed by atoms with E-state index in [4.69, 9.17) is 9.72 Å². The third-order valence-electron chi connectivity index (χ3n) is 8.36. The molecule has 0 N–H and O–H groups in total. The van der Waals surface area contributed by atoms with Gasteiger partial charge in [-0.1, -0.05) is 75.1 Å². The van der Waals surface area contributed by atoms with Gasteiger partial charge in [-0.05, 0) is 88.7 Å². The number of aryl methyl sites for hydroxylation is 1. The van der Waals surface area contributed by atoms with Crippen molar-refractivity contribution in [2.24, 2.45) is 5.92 Å². The van der Waals surface area contributed by atoms with Crippen LogP contribution in [0.15, 0.2) is 60.8 Å². The van der Waals surface area contributed by atoms with E-state index in [0.717, 1.165) is 34.6 Å². The van der Waals surface area contributed by atoms with Crippen LogP contribution in [-0.4, -0.2) is 4.98 Å². The molecule has 0 saturated heterocycles. The van der Waals surface area contributed by atoms with Crippen molar-refractivity contribution in [1.29, 1.82) is 0 Å². The van der Waals surface area contributed by atoms with Crippen molar-refractivity contribution in [3.05, 3.63) is 77.5 Å². The second-order valence-electron chi connectivity index (χ2n) is 11.4. The normalized spacial score (nSPS) is 15.6. The van der Waals surface area contributed by atoms with E-state index in [2.05, 4.69) is 75.4 Å². The first-order valence-electron chi connectivity index (χ1n) is 13.7. The Bertz CT molecular complexity index is 1660. The third-order valence-corrected chi connectivity index (χ3v) is 8.36. The topological polar surface area (TPSA) is 22.1 Å². The molecule has 1 saturated carbocycles. The van der Waals surface area contributed by atoms with Gasteiger partial charge in [-0.2, -0.15) is 0 Å². The van der Waals surface area contributed by atoms with E-state index in [9.17, 15) is 0 Å². The molecule has 180 valence electrons. The highest BCUT2D eigenvalue weighted by Crippen LogP contribution is 2.51. The van der Waals surface area contributed by atoms with Gasteiger partial charge >= 0.3 is 0 Å². The Morgan fingerprint density at radius 1 is 0.861 bits per heavy atom. The molecule has 0 radical (unpaired) electrons. The molecule has 5 aromatic rings. The number of pyridine rings is 1. The largest absolute Gasteiger partial charge is 0.456 e. The number of fused-ring (bicyclic) bond motifs is 5. The lowest BCUT2D eigenvalue weighted by Gasteiger charge is -2.26. The van der Waals surface area contributed by atoms with E-state index in [1.54, 1.807) is 0 Å². The first kappa shape index (κ1) is 21.9. The fourth-order valence-electron chi connectivity index (χ4n) is 6.67. The molecule has 0 spiro atoms. The quantitative estimate of drug-likeness (QED) is 0.240. The third kappa shape index (κ3) is 3.42. The van der Waals surface area contributed by atoms with Crippen molar-refractivity contribution >= 4 is 32.3 Å². The molecule has 2 nitrogen and oxygen atoms in total. The second kappa shape index (κ2) is 8.34. The van der Waals surface area contributed by atoms with Crippen molar-refractivity contribution in [1.82, 2.24) is 4.98 Å². The van der Waals surface area contributed by atoms with Crippen LogP contribution in [0.3, 0.4) is 0 Å². The first-order chi connectivity index (χ1) is 17.6. The molecule has 1 aliphatic heterocycles. The highest BCUT2D eigenvalue weighted by molar-refractivity contribution is 6.16. The molecule has 2 heteroatoms. The average Bonchev–Trinajstić information content (AvgIpc) is 2.89. The summed E-state index contributed by atoms with van der Waals surface area (Å²) in [6, 6.07) is 20.7. The molecule has 7 rings (SSSR count). The molecule has 0 bridgehead atoms. The maximum absolute atomic E-state index is 6.87. The van der Waals surface area contributed by atoms with Gasteiger partial charge in [-0.15, -0.1) is 0 Å². The Morgan fingerprint density at radius 3 is 2.50 bits per heavy atom. The van der Waals surface area contributed by atoms with Crippen molar-refractivity contribution < 1.29 is 4.74 Å². The molecule has 0 atom stereocenters. The van der Waals surface area contributed by atoms with Gasteiger partial charge < -0.3 is 4.74 Å². The Kier molecular flexibility index (Phi) is 5.06. The fourth-order valence-corrected chi connectivity index (χ4v) is 6.67. The number of ether oxygens (including phenoxy) is 1. The summed E-state index contributed by atoms with van der Waals surface area (Å²) in [6.07, 6.45) is 9.68. The maximum atomic E-state index is 6.87. The summed E-state index contributed by atoms with van der Waals surface area (Å²) in [5, 5.41) is 7.52. The van der Waals surface area contributed by atoms with Gasteiger partial charge in [0, 0.05) is 17.3 Å². The molecule has 36 heavy (non-hydrogen) atoms. The highest BCUT2D eigenvalue weighted by atomic mass is 16.5. The lowest BCUT2D eigenvalue weighted by molar-refractivity contribution is 0.444. The van der Waals surface area contributed by atoms with E-state index in [1.807, 2.05) is 6.20 Å². The number of hydrogen-bond acceptors (Lipinski definition) is 2. The predicted octanol–water partition coefficient (Wildman–Crippen LogP) is 9.87. The van der Waals surface area contributed by atoms with E-state index >= 15 is 0 Å². The molecule has 2 heterocycles. The smallest absolute Gasteiger partial charge is 0.140 e. The zero-order valence-electron chi connectivity index (χ0n) is 21.5. The van der Waals surface area contributed by atoms with Crippen LogP contribution in [-0.2, 0) is 6.42 Å². The van der Waals surface area contributed by atoms with Gasteiger partial charge in [0.1, 0.15) is 11.5 Å². The first-order valence-corrected chi connectivity index (χ1v) is 13.7. The predicted molar refractivity (Wildman–Crippen MR) is 151 cm³/mol.